The number of piperidine rings is 1. The molecule has 0 unspecified atom stereocenters. The van der Waals surface area contributed by atoms with Gasteiger partial charge in [0.05, 0.1) is 4.90 Å². The van der Waals surface area contributed by atoms with Crippen molar-refractivity contribution < 1.29 is 12.8 Å². The van der Waals surface area contributed by atoms with Crippen molar-refractivity contribution in [3.63, 3.8) is 0 Å². The molecular weight excluding hydrogens is 267 g/mol. The maximum atomic E-state index is 13.2. The fourth-order valence-electron chi connectivity index (χ4n) is 2.32. The molecule has 1 saturated heterocycles. The van der Waals surface area contributed by atoms with Crippen LogP contribution in [0.4, 0.5) is 4.39 Å². The SMILES string of the molecule is Cc1ccc(F)cc1S(=O)(=O)N[C@@H]1CCNC[C@H]1C. The summed E-state index contributed by atoms with van der Waals surface area (Å²) in [5.74, 6) is -0.318. The predicted molar refractivity (Wildman–Crippen MR) is 71.9 cm³/mol. The number of halogens is 1. The first-order chi connectivity index (χ1) is 8.90. The van der Waals surface area contributed by atoms with Gasteiger partial charge in [0.1, 0.15) is 5.82 Å². The van der Waals surface area contributed by atoms with E-state index in [1.165, 1.54) is 12.1 Å². The van der Waals surface area contributed by atoms with E-state index in [-0.39, 0.29) is 16.9 Å². The molecule has 0 aromatic heterocycles. The van der Waals surface area contributed by atoms with Gasteiger partial charge in [0.2, 0.25) is 10.0 Å². The van der Waals surface area contributed by atoms with Crippen molar-refractivity contribution in [3.05, 3.63) is 29.6 Å². The molecule has 0 bridgehead atoms. The molecule has 0 aliphatic carbocycles. The van der Waals surface area contributed by atoms with Crippen molar-refractivity contribution in [2.45, 2.75) is 31.2 Å². The fraction of sp³-hybridized carbons (Fsp3) is 0.538. The smallest absolute Gasteiger partial charge is 0.241 e. The molecule has 0 amide bonds. The van der Waals surface area contributed by atoms with Crippen molar-refractivity contribution in [1.82, 2.24) is 10.0 Å². The van der Waals surface area contributed by atoms with Crippen LogP contribution in [0.3, 0.4) is 0 Å². The van der Waals surface area contributed by atoms with Crippen LogP contribution in [0, 0.1) is 18.7 Å². The van der Waals surface area contributed by atoms with Gasteiger partial charge in [-0.1, -0.05) is 13.0 Å². The molecule has 4 nitrogen and oxygen atoms in total. The Bertz CT molecular complexity index is 560. The number of rotatable bonds is 3. The summed E-state index contributed by atoms with van der Waals surface area (Å²) in [5.41, 5.74) is 0.551. The molecule has 2 atom stereocenters. The van der Waals surface area contributed by atoms with Gasteiger partial charge < -0.3 is 5.32 Å². The Balaban J connectivity index is 2.24. The van der Waals surface area contributed by atoms with Crippen molar-refractivity contribution in [3.8, 4) is 0 Å². The van der Waals surface area contributed by atoms with Crippen LogP contribution in [0.5, 0.6) is 0 Å². The van der Waals surface area contributed by atoms with E-state index in [9.17, 15) is 12.8 Å². The molecule has 19 heavy (non-hydrogen) atoms. The lowest BCUT2D eigenvalue weighted by molar-refractivity contribution is 0.328. The van der Waals surface area contributed by atoms with Gasteiger partial charge in [0.15, 0.2) is 0 Å². The lowest BCUT2D eigenvalue weighted by Gasteiger charge is -2.30. The molecule has 6 heteroatoms. The van der Waals surface area contributed by atoms with E-state index in [0.717, 1.165) is 25.6 Å². The second-order valence-electron chi connectivity index (χ2n) is 5.11. The van der Waals surface area contributed by atoms with Gasteiger partial charge in [0, 0.05) is 6.04 Å². The lowest BCUT2D eigenvalue weighted by atomic mass is 9.97. The molecule has 2 rings (SSSR count). The number of nitrogens with one attached hydrogen (secondary N) is 2. The van der Waals surface area contributed by atoms with E-state index in [4.69, 9.17) is 0 Å². The van der Waals surface area contributed by atoms with E-state index in [1.807, 2.05) is 6.92 Å². The van der Waals surface area contributed by atoms with Gasteiger partial charge >= 0.3 is 0 Å². The summed E-state index contributed by atoms with van der Waals surface area (Å²) >= 11 is 0. The number of sulfonamides is 1. The minimum atomic E-state index is -3.66. The number of benzene rings is 1. The van der Waals surface area contributed by atoms with Gasteiger partial charge in [0.25, 0.3) is 0 Å². The quantitative estimate of drug-likeness (QED) is 0.883. The largest absolute Gasteiger partial charge is 0.316 e. The van der Waals surface area contributed by atoms with Crippen LogP contribution < -0.4 is 10.0 Å². The third-order valence-electron chi connectivity index (χ3n) is 3.53. The van der Waals surface area contributed by atoms with Crippen LogP contribution in [-0.2, 0) is 10.0 Å². The van der Waals surface area contributed by atoms with Gasteiger partial charge in [-0.15, -0.1) is 0 Å². The molecule has 1 aliphatic rings. The monoisotopic (exact) mass is 286 g/mol. The summed E-state index contributed by atoms with van der Waals surface area (Å²) in [6.07, 6.45) is 0.745. The summed E-state index contributed by atoms with van der Waals surface area (Å²) in [7, 11) is -3.66. The normalized spacial score (nSPS) is 24.4. The molecule has 0 spiro atoms. The Hall–Kier alpha value is -0.980. The second kappa shape index (κ2) is 5.56. The fourth-order valence-corrected chi connectivity index (χ4v) is 3.95. The average molecular weight is 286 g/mol. The van der Waals surface area contributed by atoms with Gasteiger partial charge in [-0.05, 0) is 50.0 Å². The van der Waals surface area contributed by atoms with E-state index in [1.54, 1.807) is 6.92 Å². The first kappa shape index (κ1) is 14.4. The van der Waals surface area contributed by atoms with Gasteiger partial charge in [-0.2, -0.15) is 0 Å². The Morgan fingerprint density at radius 2 is 2.16 bits per heavy atom. The molecule has 106 valence electrons. The second-order valence-corrected chi connectivity index (χ2v) is 6.79. The molecule has 2 N–H and O–H groups in total. The zero-order valence-corrected chi connectivity index (χ0v) is 11.9. The van der Waals surface area contributed by atoms with Crippen LogP contribution in [0.25, 0.3) is 0 Å². The predicted octanol–water partition coefficient (Wildman–Crippen LogP) is 1.41. The van der Waals surface area contributed by atoms with Crippen molar-refractivity contribution in [2.75, 3.05) is 13.1 Å². The van der Waals surface area contributed by atoms with E-state index in [2.05, 4.69) is 10.0 Å². The van der Waals surface area contributed by atoms with Crippen molar-refractivity contribution in [1.29, 1.82) is 0 Å². The highest BCUT2D eigenvalue weighted by atomic mass is 32.2. The van der Waals surface area contributed by atoms with Gasteiger partial charge in [-0.25, -0.2) is 17.5 Å². The van der Waals surface area contributed by atoms with Crippen molar-refractivity contribution >= 4 is 10.0 Å². The number of hydrogen-bond donors (Lipinski definition) is 2. The minimum absolute atomic E-state index is 0.0261. The molecule has 1 fully saturated rings. The van der Waals surface area contributed by atoms with Crippen LogP contribution in [0.1, 0.15) is 18.9 Å². The highest BCUT2D eigenvalue weighted by Gasteiger charge is 2.27. The number of aryl methyl sites for hydroxylation is 1. The van der Waals surface area contributed by atoms with Crippen LogP contribution in [0.2, 0.25) is 0 Å². The maximum absolute atomic E-state index is 13.2. The lowest BCUT2D eigenvalue weighted by Crippen LogP contribution is -2.48. The summed E-state index contributed by atoms with van der Waals surface area (Å²) in [6.45, 7) is 5.24. The first-order valence-corrected chi connectivity index (χ1v) is 7.87. The highest BCUT2D eigenvalue weighted by Crippen LogP contribution is 2.19. The molecule has 0 saturated carbocycles. The van der Waals surface area contributed by atoms with Crippen molar-refractivity contribution in [2.24, 2.45) is 5.92 Å². The van der Waals surface area contributed by atoms with Gasteiger partial charge in [-0.3, -0.25) is 0 Å². The standard InChI is InChI=1S/C13H19FN2O2S/c1-9-3-4-11(14)7-13(9)19(17,18)16-12-5-6-15-8-10(12)2/h3-4,7,10,12,15-16H,5-6,8H2,1-2H3/t10-,12-/m1/s1. The Morgan fingerprint density at radius 1 is 1.42 bits per heavy atom. The Morgan fingerprint density at radius 3 is 2.84 bits per heavy atom. The molecule has 1 aliphatic heterocycles. The maximum Gasteiger partial charge on any atom is 0.241 e. The third kappa shape index (κ3) is 3.32. The summed E-state index contributed by atoms with van der Waals surface area (Å²) < 4.78 is 40.6. The highest BCUT2D eigenvalue weighted by molar-refractivity contribution is 7.89. The minimum Gasteiger partial charge on any atom is -0.316 e. The average Bonchev–Trinajstić information content (AvgIpc) is 2.35. The zero-order chi connectivity index (χ0) is 14.0. The molecule has 0 radical (unpaired) electrons. The van der Waals surface area contributed by atoms with E-state index >= 15 is 0 Å². The zero-order valence-electron chi connectivity index (χ0n) is 11.1. The third-order valence-corrected chi connectivity index (χ3v) is 5.16. The Labute approximate surface area is 113 Å². The topological polar surface area (TPSA) is 58.2 Å². The van der Waals surface area contributed by atoms with Crippen LogP contribution in [0.15, 0.2) is 23.1 Å². The van der Waals surface area contributed by atoms with E-state index in [0.29, 0.717) is 5.56 Å². The molecule has 1 aromatic rings. The molecule has 1 aromatic carbocycles. The summed E-state index contributed by atoms with van der Waals surface area (Å²) in [4.78, 5) is 0.0261. The summed E-state index contributed by atoms with van der Waals surface area (Å²) in [6, 6.07) is 3.72. The van der Waals surface area contributed by atoms with Crippen LogP contribution >= 0.6 is 0 Å². The Kier molecular flexibility index (Phi) is 4.23. The van der Waals surface area contributed by atoms with Crippen LogP contribution in [-0.4, -0.2) is 27.5 Å². The molecular formula is C13H19FN2O2S. The number of hydrogen-bond acceptors (Lipinski definition) is 3. The first-order valence-electron chi connectivity index (χ1n) is 6.39. The summed E-state index contributed by atoms with van der Waals surface area (Å²) in [5, 5.41) is 3.22. The van der Waals surface area contributed by atoms with E-state index < -0.39 is 15.8 Å². The molecule has 1 heterocycles.